The largest absolute Gasteiger partial charge is 0.462 e. The van der Waals surface area contributed by atoms with E-state index in [2.05, 4.69) is 0 Å². The van der Waals surface area contributed by atoms with Crippen LogP contribution in [0.1, 0.15) is 41.6 Å². The molecule has 0 bridgehead atoms. The van der Waals surface area contributed by atoms with E-state index in [-0.39, 0.29) is 17.7 Å². The van der Waals surface area contributed by atoms with Crippen molar-refractivity contribution < 1.29 is 14.3 Å². The molecule has 1 fully saturated rings. The van der Waals surface area contributed by atoms with Gasteiger partial charge in [0.05, 0.1) is 12.2 Å². The van der Waals surface area contributed by atoms with Crippen LogP contribution in [0.25, 0.3) is 0 Å². The van der Waals surface area contributed by atoms with E-state index in [0.29, 0.717) is 25.0 Å². The Labute approximate surface area is 94.4 Å². The summed E-state index contributed by atoms with van der Waals surface area (Å²) in [6.45, 7) is 2.16. The topological polar surface area (TPSA) is 43.4 Å². The van der Waals surface area contributed by atoms with Gasteiger partial charge in [-0.1, -0.05) is 18.2 Å². The number of esters is 1. The van der Waals surface area contributed by atoms with E-state index in [0.717, 1.165) is 5.56 Å². The molecule has 3 heteroatoms. The molecule has 0 aromatic heterocycles. The van der Waals surface area contributed by atoms with Gasteiger partial charge in [0, 0.05) is 12.8 Å². The van der Waals surface area contributed by atoms with Crippen LogP contribution in [-0.2, 0) is 9.53 Å². The molecule has 0 radical (unpaired) electrons. The number of hydrogen-bond donors (Lipinski definition) is 0. The molecule has 16 heavy (non-hydrogen) atoms. The standard InChI is InChI=1S/C13H14O3/c1-2-16-13(15)12-6-4-3-5-11(12)9-7-10(14)8-9/h3-6,9H,2,7-8H2,1H3. The zero-order chi connectivity index (χ0) is 11.5. The van der Waals surface area contributed by atoms with Crippen molar-refractivity contribution >= 4 is 11.8 Å². The smallest absolute Gasteiger partial charge is 0.338 e. The first-order valence-corrected chi connectivity index (χ1v) is 5.50. The van der Waals surface area contributed by atoms with Crippen molar-refractivity contribution in [3.05, 3.63) is 35.4 Å². The number of carbonyl (C=O) groups excluding carboxylic acids is 2. The first-order valence-electron chi connectivity index (χ1n) is 5.50. The summed E-state index contributed by atoms with van der Waals surface area (Å²) in [4.78, 5) is 22.7. The first-order chi connectivity index (χ1) is 7.72. The monoisotopic (exact) mass is 218 g/mol. The number of carbonyl (C=O) groups is 2. The molecule has 2 rings (SSSR count). The van der Waals surface area contributed by atoms with E-state index in [4.69, 9.17) is 4.74 Å². The molecule has 1 aromatic rings. The third-order valence-corrected chi connectivity index (χ3v) is 2.84. The Balaban J connectivity index is 2.23. The summed E-state index contributed by atoms with van der Waals surface area (Å²) >= 11 is 0. The van der Waals surface area contributed by atoms with Gasteiger partial charge in [0.25, 0.3) is 0 Å². The predicted molar refractivity (Wildman–Crippen MR) is 59.4 cm³/mol. The maximum atomic E-state index is 11.7. The fourth-order valence-electron chi connectivity index (χ4n) is 1.96. The first kappa shape index (κ1) is 10.9. The van der Waals surface area contributed by atoms with Crippen LogP contribution in [0.15, 0.2) is 24.3 Å². The van der Waals surface area contributed by atoms with Crippen LogP contribution in [0.2, 0.25) is 0 Å². The Morgan fingerprint density at radius 2 is 2.06 bits per heavy atom. The van der Waals surface area contributed by atoms with Gasteiger partial charge in [0.15, 0.2) is 0 Å². The van der Waals surface area contributed by atoms with Crippen molar-refractivity contribution in [2.24, 2.45) is 0 Å². The van der Waals surface area contributed by atoms with Gasteiger partial charge in [-0.15, -0.1) is 0 Å². The van der Waals surface area contributed by atoms with Crippen molar-refractivity contribution in [1.29, 1.82) is 0 Å². The lowest BCUT2D eigenvalue weighted by Crippen LogP contribution is -2.23. The Morgan fingerprint density at radius 1 is 1.38 bits per heavy atom. The molecule has 1 aliphatic carbocycles. The van der Waals surface area contributed by atoms with E-state index in [1.807, 2.05) is 18.2 Å². The molecule has 0 unspecified atom stereocenters. The molecule has 1 saturated carbocycles. The van der Waals surface area contributed by atoms with Gasteiger partial charge < -0.3 is 4.74 Å². The maximum Gasteiger partial charge on any atom is 0.338 e. The van der Waals surface area contributed by atoms with Gasteiger partial charge in [0.2, 0.25) is 0 Å². The number of benzene rings is 1. The summed E-state index contributed by atoms with van der Waals surface area (Å²) in [6, 6.07) is 7.37. The van der Waals surface area contributed by atoms with Crippen LogP contribution in [0.5, 0.6) is 0 Å². The number of Topliss-reactive ketones (excluding diaryl/α,β-unsaturated/α-hetero) is 1. The van der Waals surface area contributed by atoms with Crippen molar-refractivity contribution in [1.82, 2.24) is 0 Å². The highest BCUT2D eigenvalue weighted by Gasteiger charge is 2.30. The molecule has 0 amide bonds. The molecule has 0 aliphatic heterocycles. The minimum absolute atomic E-state index is 0.202. The van der Waals surface area contributed by atoms with Gasteiger partial charge in [-0.3, -0.25) is 4.79 Å². The molecular weight excluding hydrogens is 204 g/mol. The second kappa shape index (κ2) is 4.47. The van der Waals surface area contributed by atoms with Crippen LogP contribution in [0.4, 0.5) is 0 Å². The Bertz CT molecular complexity index is 415. The number of ketones is 1. The van der Waals surface area contributed by atoms with E-state index in [1.54, 1.807) is 13.0 Å². The Morgan fingerprint density at radius 3 is 2.69 bits per heavy atom. The van der Waals surface area contributed by atoms with Crippen LogP contribution < -0.4 is 0 Å². The molecule has 0 N–H and O–H groups in total. The molecular formula is C13H14O3. The van der Waals surface area contributed by atoms with Crippen molar-refractivity contribution in [2.75, 3.05) is 6.61 Å². The summed E-state index contributed by atoms with van der Waals surface area (Å²) in [6.07, 6.45) is 1.10. The SMILES string of the molecule is CCOC(=O)c1ccccc1C1CC(=O)C1. The molecule has 3 nitrogen and oxygen atoms in total. The fraction of sp³-hybridized carbons (Fsp3) is 0.385. The minimum atomic E-state index is -0.294. The lowest BCUT2D eigenvalue weighted by Gasteiger charge is -2.26. The molecule has 0 spiro atoms. The Kier molecular flexibility index (Phi) is 3.04. The number of hydrogen-bond acceptors (Lipinski definition) is 3. The molecule has 1 aromatic carbocycles. The van der Waals surface area contributed by atoms with Crippen molar-refractivity contribution in [3.63, 3.8) is 0 Å². The van der Waals surface area contributed by atoms with E-state index >= 15 is 0 Å². The summed E-state index contributed by atoms with van der Waals surface area (Å²) in [5.74, 6) is 0.175. The fourth-order valence-corrected chi connectivity index (χ4v) is 1.96. The molecule has 0 atom stereocenters. The van der Waals surface area contributed by atoms with Gasteiger partial charge in [-0.25, -0.2) is 4.79 Å². The quantitative estimate of drug-likeness (QED) is 0.731. The average molecular weight is 218 g/mol. The summed E-state index contributed by atoms with van der Waals surface area (Å²) in [5, 5.41) is 0. The second-order valence-electron chi connectivity index (χ2n) is 3.95. The van der Waals surface area contributed by atoms with Crippen LogP contribution >= 0.6 is 0 Å². The number of rotatable bonds is 3. The Hall–Kier alpha value is -1.64. The zero-order valence-corrected chi connectivity index (χ0v) is 9.23. The summed E-state index contributed by atoms with van der Waals surface area (Å²) < 4.78 is 4.99. The van der Waals surface area contributed by atoms with Gasteiger partial charge >= 0.3 is 5.97 Å². The lowest BCUT2D eigenvalue weighted by molar-refractivity contribution is -0.124. The third-order valence-electron chi connectivity index (χ3n) is 2.84. The van der Waals surface area contributed by atoms with Crippen molar-refractivity contribution in [3.8, 4) is 0 Å². The van der Waals surface area contributed by atoms with Gasteiger partial charge in [0.1, 0.15) is 5.78 Å². The predicted octanol–water partition coefficient (Wildman–Crippen LogP) is 2.31. The van der Waals surface area contributed by atoms with E-state index in [9.17, 15) is 9.59 Å². The van der Waals surface area contributed by atoms with Crippen LogP contribution in [0.3, 0.4) is 0 Å². The maximum absolute atomic E-state index is 11.7. The summed E-state index contributed by atoms with van der Waals surface area (Å²) in [5.41, 5.74) is 1.54. The molecule has 0 heterocycles. The number of ether oxygens (including phenoxy) is 1. The lowest BCUT2D eigenvalue weighted by atomic mass is 9.77. The highest BCUT2D eigenvalue weighted by atomic mass is 16.5. The van der Waals surface area contributed by atoms with Gasteiger partial charge in [-0.2, -0.15) is 0 Å². The van der Waals surface area contributed by atoms with E-state index < -0.39 is 0 Å². The van der Waals surface area contributed by atoms with Gasteiger partial charge in [-0.05, 0) is 24.5 Å². The van der Waals surface area contributed by atoms with Crippen LogP contribution in [-0.4, -0.2) is 18.4 Å². The highest BCUT2D eigenvalue weighted by Crippen LogP contribution is 2.35. The molecule has 0 saturated heterocycles. The summed E-state index contributed by atoms with van der Waals surface area (Å²) in [7, 11) is 0. The normalized spacial score (nSPS) is 15.7. The van der Waals surface area contributed by atoms with Crippen LogP contribution in [0, 0.1) is 0 Å². The minimum Gasteiger partial charge on any atom is -0.462 e. The van der Waals surface area contributed by atoms with E-state index in [1.165, 1.54) is 0 Å². The average Bonchev–Trinajstić information content (AvgIpc) is 2.25. The molecule has 1 aliphatic rings. The third kappa shape index (κ3) is 1.98. The zero-order valence-electron chi connectivity index (χ0n) is 9.23. The highest BCUT2D eigenvalue weighted by molar-refractivity contribution is 5.93. The second-order valence-corrected chi connectivity index (χ2v) is 3.95. The van der Waals surface area contributed by atoms with Crippen molar-refractivity contribution in [2.45, 2.75) is 25.7 Å². The molecule has 84 valence electrons.